The molecular formula is C12H15NO3S2. The molecule has 98 valence electrons. The number of nitrogens with one attached hydrogen (secondary N) is 1. The van der Waals surface area contributed by atoms with E-state index >= 15 is 0 Å². The second kappa shape index (κ2) is 5.32. The summed E-state index contributed by atoms with van der Waals surface area (Å²) in [6, 6.07) is 7.03. The van der Waals surface area contributed by atoms with Crippen LogP contribution in [0.3, 0.4) is 0 Å². The molecule has 0 spiro atoms. The second-order valence-electron chi connectivity index (χ2n) is 4.50. The summed E-state index contributed by atoms with van der Waals surface area (Å²) in [7, 11) is -2.88. The second-order valence-corrected chi connectivity index (χ2v) is 7.21. The van der Waals surface area contributed by atoms with Crippen LogP contribution >= 0.6 is 12.6 Å². The molecule has 2 rings (SSSR count). The van der Waals surface area contributed by atoms with Gasteiger partial charge in [-0.15, -0.1) is 12.6 Å². The van der Waals surface area contributed by atoms with E-state index < -0.39 is 9.84 Å². The zero-order valence-electron chi connectivity index (χ0n) is 9.80. The Balaban J connectivity index is 1.92. The first-order chi connectivity index (χ1) is 8.48. The van der Waals surface area contributed by atoms with Crippen LogP contribution in [-0.2, 0) is 9.84 Å². The van der Waals surface area contributed by atoms with Crippen LogP contribution < -0.4 is 5.32 Å². The quantitative estimate of drug-likeness (QED) is 0.819. The summed E-state index contributed by atoms with van der Waals surface area (Å²) >= 11 is 4.21. The van der Waals surface area contributed by atoms with Gasteiger partial charge in [0.25, 0.3) is 5.91 Å². The molecule has 1 atom stereocenters. The van der Waals surface area contributed by atoms with Crippen LogP contribution in [0.2, 0.25) is 0 Å². The molecular weight excluding hydrogens is 270 g/mol. The van der Waals surface area contributed by atoms with Crippen molar-refractivity contribution >= 4 is 28.4 Å². The summed E-state index contributed by atoms with van der Waals surface area (Å²) in [4.78, 5) is 12.5. The molecule has 1 amide bonds. The van der Waals surface area contributed by atoms with Crippen molar-refractivity contribution < 1.29 is 13.2 Å². The molecule has 1 heterocycles. The fraction of sp³-hybridized carbons (Fsp3) is 0.417. The molecule has 18 heavy (non-hydrogen) atoms. The van der Waals surface area contributed by atoms with Crippen molar-refractivity contribution in [3.8, 4) is 0 Å². The Morgan fingerprint density at radius 2 is 2.11 bits per heavy atom. The lowest BCUT2D eigenvalue weighted by molar-refractivity contribution is 0.0945. The molecule has 6 heteroatoms. The number of sulfone groups is 1. The Morgan fingerprint density at radius 3 is 2.72 bits per heavy atom. The van der Waals surface area contributed by atoms with E-state index in [9.17, 15) is 13.2 Å². The minimum Gasteiger partial charge on any atom is -0.352 e. The number of carbonyl (C=O) groups is 1. The van der Waals surface area contributed by atoms with Crippen molar-refractivity contribution in [1.29, 1.82) is 0 Å². The topological polar surface area (TPSA) is 63.2 Å². The number of amides is 1. The van der Waals surface area contributed by atoms with Gasteiger partial charge in [0.05, 0.1) is 17.1 Å². The molecule has 0 saturated carbocycles. The number of rotatable bonds is 3. The molecule has 1 fully saturated rings. The normalized spacial score (nSPS) is 21.7. The first-order valence-corrected chi connectivity index (χ1v) is 8.01. The zero-order valence-corrected chi connectivity index (χ0v) is 11.5. The van der Waals surface area contributed by atoms with Crippen molar-refractivity contribution in [1.82, 2.24) is 5.32 Å². The van der Waals surface area contributed by atoms with Gasteiger partial charge in [0.2, 0.25) is 0 Å². The summed E-state index contributed by atoms with van der Waals surface area (Å²) in [5, 5.41) is 2.77. The molecule has 0 radical (unpaired) electrons. The van der Waals surface area contributed by atoms with Gasteiger partial charge in [0, 0.05) is 11.4 Å². The highest BCUT2D eigenvalue weighted by molar-refractivity contribution is 7.91. The number of thiol groups is 1. The van der Waals surface area contributed by atoms with Gasteiger partial charge in [-0.05, 0) is 24.5 Å². The first kappa shape index (κ1) is 13.4. The summed E-state index contributed by atoms with van der Waals surface area (Å²) in [5.74, 6) is 0.239. The van der Waals surface area contributed by atoms with Crippen molar-refractivity contribution in [2.24, 2.45) is 5.92 Å². The van der Waals surface area contributed by atoms with Crippen LogP contribution in [0.5, 0.6) is 0 Å². The molecule has 0 aromatic heterocycles. The number of hydrogen-bond acceptors (Lipinski definition) is 4. The monoisotopic (exact) mass is 285 g/mol. The van der Waals surface area contributed by atoms with Crippen LogP contribution in [-0.4, -0.2) is 32.4 Å². The summed E-state index contributed by atoms with van der Waals surface area (Å²) in [6.45, 7) is 0.403. The maximum atomic E-state index is 11.9. The third kappa shape index (κ3) is 3.26. The fourth-order valence-corrected chi connectivity index (χ4v) is 4.15. The van der Waals surface area contributed by atoms with E-state index in [1.54, 1.807) is 18.2 Å². The van der Waals surface area contributed by atoms with Crippen molar-refractivity contribution in [3.63, 3.8) is 0 Å². The van der Waals surface area contributed by atoms with E-state index in [-0.39, 0.29) is 23.3 Å². The van der Waals surface area contributed by atoms with E-state index in [1.807, 2.05) is 6.07 Å². The highest BCUT2D eigenvalue weighted by Crippen LogP contribution is 2.18. The van der Waals surface area contributed by atoms with E-state index in [4.69, 9.17) is 0 Å². The lowest BCUT2D eigenvalue weighted by Gasteiger charge is -2.10. The molecule has 1 saturated heterocycles. The lowest BCUT2D eigenvalue weighted by atomic mass is 10.1. The Labute approximate surface area is 112 Å². The summed E-state index contributed by atoms with van der Waals surface area (Å²) < 4.78 is 22.6. The molecule has 1 aliphatic rings. The fourth-order valence-electron chi connectivity index (χ4n) is 2.03. The molecule has 0 bridgehead atoms. The van der Waals surface area contributed by atoms with Gasteiger partial charge in [-0.25, -0.2) is 8.42 Å². The average Bonchev–Trinajstić information content (AvgIpc) is 2.66. The van der Waals surface area contributed by atoms with Crippen molar-refractivity contribution in [2.75, 3.05) is 18.1 Å². The van der Waals surface area contributed by atoms with Gasteiger partial charge in [-0.2, -0.15) is 0 Å². The minimum atomic E-state index is -2.88. The molecule has 1 unspecified atom stereocenters. The Morgan fingerprint density at radius 1 is 1.39 bits per heavy atom. The van der Waals surface area contributed by atoms with E-state index in [0.717, 1.165) is 0 Å². The van der Waals surface area contributed by atoms with Crippen LogP contribution in [0.1, 0.15) is 16.8 Å². The third-order valence-corrected chi connectivity index (χ3v) is 5.25. The van der Waals surface area contributed by atoms with Crippen LogP contribution in [0.15, 0.2) is 29.2 Å². The summed E-state index contributed by atoms with van der Waals surface area (Å²) in [5.41, 5.74) is 0.515. The molecule has 0 aliphatic carbocycles. The predicted octanol–water partition coefficient (Wildman–Crippen LogP) is 1.14. The van der Waals surface area contributed by atoms with Gasteiger partial charge in [-0.1, -0.05) is 12.1 Å². The molecule has 1 aromatic rings. The van der Waals surface area contributed by atoms with Gasteiger partial charge >= 0.3 is 0 Å². The lowest BCUT2D eigenvalue weighted by Crippen LogP contribution is -2.30. The molecule has 4 nitrogen and oxygen atoms in total. The van der Waals surface area contributed by atoms with Gasteiger partial charge in [-0.3, -0.25) is 4.79 Å². The van der Waals surface area contributed by atoms with Crippen LogP contribution in [0, 0.1) is 5.92 Å². The van der Waals surface area contributed by atoms with Gasteiger partial charge in [0.1, 0.15) is 0 Å². The summed E-state index contributed by atoms with van der Waals surface area (Å²) in [6.07, 6.45) is 0.630. The Kier molecular flexibility index (Phi) is 3.97. The molecule has 1 N–H and O–H groups in total. The largest absolute Gasteiger partial charge is 0.352 e. The maximum Gasteiger partial charge on any atom is 0.252 e. The Hall–Kier alpha value is -1.01. The molecule has 1 aromatic carbocycles. The zero-order chi connectivity index (χ0) is 13.2. The van der Waals surface area contributed by atoms with Gasteiger partial charge in [0.15, 0.2) is 9.84 Å². The predicted molar refractivity (Wildman–Crippen MR) is 72.8 cm³/mol. The van der Waals surface area contributed by atoms with Gasteiger partial charge < -0.3 is 5.32 Å². The van der Waals surface area contributed by atoms with E-state index in [2.05, 4.69) is 17.9 Å². The van der Waals surface area contributed by atoms with E-state index in [0.29, 0.717) is 23.4 Å². The highest BCUT2D eigenvalue weighted by Gasteiger charge is 2.28. The Bertz CT molecular complexity index is 554. The van der Waals surface area contributed by atoms with Crippen molar-refractivity contribution in [3.05, 3.63) is 29.8 Å². The van der Waals surface area contributed by atoms with Crippen molar-refractivity contribution in [2.45, 2.75) is 11.3 Å². The number of hydrogen-bond donors (Lipinski definition) is 2. The minimum absolute atomic E-state index is 0.0334. The van der Waals surface area contributed by atoms with Crippen LogP contribution in [0.4, 0.5) is 0 Å². The standard InChI is InChI=1S/C12H15NO3S2/c14-12(10-3-1-2-4-11(10)17)13-7-9-5-6-18(15,16)8-9/h1-4,9,17H,5-8H2,(H,13,14). The van der Waals surface area contributed by atoms with Crippen LogP contribution in [0.25, 0.3) is 0 Å². The number of benzene rings is 1. The smallest absolute Gasteiger partial charge is 0.252 e. The molecule has 1 aliphatic heterocycles. The maximum absolute atomic E-state index is 11.9. The highest BCUT2D eigenvalue weighted by atomic mass is 32.2. The number of carbonyl (C=O) groups excluding carboxylic acids is 1. The SMILES string of the molecule is O=C(NCC1CCS(=O)(=O)C1)c1ccccc1S. The first-order valence-electron chi connectivity index (χ1n) is 5.74. The third-order valence-electron chi connectivity index (χ3n) is 3.03. The average molecular weight is 285 g/mol. The van der Waals surface area contributed by atoms with E-state index in [1.165, 1.54) is 0 Å².